The van der Waals surface area contributed by atoms with E-state index in [4.69, 9.17) is 15.0 Å². The first kappa shape index (κ1) is 12.4. The quantitative estimate of drug-likeness (QED) is 0.877. The van der Waals surface area contributed by atoms with Gasteiger partial charge >= 0.3 is 0 Å². The number of hydrogen-bond acceptors (Lipinski definition) is 6. The molecule has 1 saturated heterocycles. The van der Waals surface area contributed by atoms with Crippen molar-refractivity contribution in [3.05, 3.63) is 11.7 Å². The lowest BCUT2D eigenvalue weighted by atomic mass is 10.1. The van der Waals surface area contributed by atoms with Crippen LogP contribution in [0, 0.1) is 5.92 Å². The minimum Gasteiger partial charge on any atom is -0.370 e. The van der Waals surface area contributed by atoms with Crippen molar-refractivity contribution in [2.24, 2.45) is 11.7 Å². The molecule has 0 spiro atoms. The van der Waals surface area contributed by atoms with Crippen LogP contribution in [-0.2, 0) is 4.74 Å². The van der Waals surface area contributed by atoms with Gasteiger partial charge in [0.2, 0.25) is 11.7 Å². The smallest absolute Gasteiger partial charge is 0.232 e. The summed E-state index contributed by atoms with van der Waals surface area (Å²) < 4.78 is 11.1. The molecule has 5 nitrogen and oxygen atoms in total. The van der Waals surface area contributed by atoms with E-state index in [2.05, 4.69) is 10.1 Å². The van der Waals surface area contributed by atoms with Crippen LogP contribution >= 0.6 is 11.8 Å². The summed E-state index contributed by atoms with van der Waals surface area (Å²) in [6.45, 7) is 2.68. The van der Waals surface area contributed by atoms with Crippen LogP contribution in [0.3, 0.4) is 0 Å². The fourth-order valence-corrected chi connectivity index (χ4v) is 3.62. The van der Waals surface area contributed by atoms with Crippen molar-refractivity contribution in [2.45, 2.75) is 37.8 Å². The molecular weight excluding hydrogens is 250 g/mol. The van der Waals surface area contributed by atoms with Gasteiger partial charge in [0.1, 0.15) is 6.10 Å². The lowest BCUT2D eigenvalue weighted by Crippen LogP contribution is -2.26. The highest BCUT2D eigenvalue weighted by atomic mass is 32.2. The molecule has 6 heteroatoms. The average molecular weight is 269 g/mol. The van der Waals surface area contributed by atoms with E-state index in [1.54, 1.807) is 0 Å². The van der Waals surface area contributed by atoms with Crippen molar-refractivity contribution in [2.75, 3.05) is 18.1 Å². The normalized spacial score (nSPS) is 29.7. The van der Waals surface area contributed by atoms with E-state index in [1.807, 2.05) is 18.7 Å². The Morgan fingerprint density at radius 2 is 2.33 bits per heavy atom. The molecule has 3 unspecified atom stereocenters. The zero-order valence-corrected chi connectivity index (χ0v) is 11.4. The third kappa shape index (κ3) is 2.41. The zero-order chi connectivity index (χ0) is 12.5. The molecule has 100 valence electrons. The van der Waals surface area contributed by atoms with Crippen LogP contribution in [0.15, 0.2) is 4.52 Å². The van der Waals surface area contributed by atoms with Gasteiger partial charge in [0.05, 0.1) is 5.92 Å². The molecule has 3 atom stereocenters. The van der Waals surface area contributed by atoms with Crippen LogP contribution in [0.1, 0.15) is 43.5 Å². The van der Waals surface area contributed by atoms with Crippen molar-refractivity contribution < 1.29 is 9.26 Å². The van der Waals surface area contributed by atoms with Crippen molar-refractivity contribution in [3.63, 3.8) is 0 Å². The SMILES string of the molecule is CCOC(c1noc(C2CSCC2N)n1)C1CC1. The molecule has 18 heavy (non-hydrogen) atoms. The fraction of sp³-hybridized carbons (Fsp3) is 0.833. The van der Waals surface area contributed by atoms with E-state index < -0.39 is 0 Å². The van der Waals surface area contributed by atoms with E-state index in [1.165, 1.54) is 12.8 Å². The van der Waals surface area contributed by atoms with E-state index in [0.717, 1.165) is 11.5 Å². The summed E-state index contributed by atoms with van der Waals surface area (Å²) in [6.07, 6.45) is 2.42. The number of aromatic nitrogens is 2. The molecule has 2 fully saturated rings. The van der Waals surface area contributed by atoms with Crippen molar-refractivity contribution in [1.82, 2.24) is 10.1 Å². The zero-order valence-electron chi connectivity index (χ0n) is 10.5. The maximum Gasteiger partial charge on any atom is 0.232 e. The first-order chi connectivity index (χ1) is 8.79. The molecule has 3 rings (SSSR count). The van der Waals surface area contributed by atoms with Crippen LogP contribution in [0.4, 0.5) is 0 Å². The minimum absolute atomic E-state index is 0.0118. The molecule has 0 bridgehead atoms. The predicted molar refractivity (Wildman–Crippen MR) is 69.4 cm³/mol. The third-order valence-electron chi connectivity index (χ3n) is 3.55. The summed E-state index contributed by atoms with van der Waals surface area (Å²) in [6, 6.07) is 0.134. The van der Waals surface area contributed by atoms with Crippen LogP contribution in [0.25, 0.3) is 0 Å². The van der Waals surface area contributed by atoms with Gasteiger partial charge in [0.15, 0.2) is 0 Å². The molecular formula is C12H19N3O2S. The van der Waals surface area contributed by atoms with Crippen molar-refractivity contribution in [3.8, 4) is 0 Å². The molecule has 1 aliphatic heterocycles. The van der Waals surface area contributed by atoms with Crippen LogP contribution in [-0.4, -0.2) is 34.3 Å². The number of nitrogens with two attached hydrogens (primary N) is 1. The Morgan fingerprint density at radius 3 is 2.94 bits per heavy atom. The maximum absolute atomic E-state index is 6.05. The standard InChI is InChI=1S/C12H19N3O2S/c1-2-16-10(7-3-4-7)11-14-12(17-15-11)8-5-18-6-9(8)13/h7-10H,2-6,13H2,1H3. The topological polar surface area (TPSA) is 74.2 Å². The lowest BCUT2D eigenvalue weighted by Gasteiger charge is -2.11. The molecule has 0 aromatic carbocycles. The number of nitrogens with zero attached hydrogens (tertiary/aromatic N) is 2. The largest absolute Gasteiger partial charge is 0.370 e. The highest BCUT2D eigenvalue weighted by Crippen LogP contribution is 2.42. The number of ether oxygens (including phenoxy) is 1. The molecule has 1 aromatic heterocycles. The van der Waals surface area contributed by atoms with Gasteiger partial charge in [-0.2, -0.15) is 16.7 Å². The molecule has 0 radical (unpaired) electrons. The van der Waals surface area contributed by atoms with E-state index in [-0.39, 0.29) is 18.1 Å². The monoisotopic (exact) mass is 269 g/mol. The van der Waals surface area contributed by atoms with Gasteiger partial charge in [-0.25, -0.2) is 0 Å². The van der Waals surface area contributed by atoms with Crippen LogP contribution < -0.4 is 5.73 Å². The Labute approximate surface area is 111 Å². The van der Waals surface area contributed by atoms with E-state index in [0.29, 0.717) is 24.2 Å². The number of thioether (sulfide) groups is 1. The Kier molecular flexibility index (Phi) is 3.59. The van der Waals surface area contributed by atoms with Gasteiger partial charge in [-0.1, -0.05) is 5.16 Å². The van der Waals surface area contributed by atoms with E-state index in [9.17, 15) is 0 Å². The summed E-state index contributed by atoms with van der Waals surface area (Å²) >= 11 is 1.85. The van der Waals surface area contributed by atoms with Gasteiger partial charge in [-0.3, -0.25) is 0 Å². The van der Waals surface area contributed by atoms with Gasteiger partial charge in [-0.05, 0) is 25.7 Å². The van der Waals surface area contributed by atoms with Gasteiger partial charge in [-0.15, -0.1) is 0 Å². The first-order valence-corrected chi connectivity index (χ1v) is 7.73. The highest BCUT2D eigenvalue weighted by molar-refractivity contribution is 7.99. The molecule has 0 amide bonds. The maximum atomic E-state index is 6.05. The Hall–Kier alpha value is -0.590. The molecule has 2 heterocycles. The molecule has 1 aliphatic carbocycles. The Morgan fingerprint density at radius 1 is 1.50 bits per heavy atom. The second-order valence-electron chi connectivity index (χ2n) is 5.01. The average Bonchev–Trinajstić information content (AvgIpc) is 2.93. The predicted octanol–water partition coefficient (Wildman–Crippen LogP) is 1.71. The Bertz CT molecular complexity index is 408. The second kappa shape index (κ2) is 5.19. The van der Waals surface area contributed by atoms with Gasteiger partial charge in [0.25, 0.3) is 0 Å². The molecule has 2 N–H and O–H groups in total. The lowest BCUT2D eigenvalue weighted by molar-refractivity contribution is 0.0384. The van der Waals surface area contributed by atoms with Crippen LogP contribution in [0.5, 0.6) is 0 Å². The fourth-order valence-electron chi connectivity index (χ4n) is 2.34. The second-order valence-corrected chi connectivity index (χ2v) is 6.09. The summed E-state index contributed by atoms with van der Waals surface area (Å²) in [4.78, 5) is 4.53. The molecule has 2 aliphatic rings. The minimum atomic E-state index is 0.0118. The first-order valence-electron chi connectivity index (χ1n) is 6.58. The summed E-state index contributed by atoms with van der Waals surface area (Å²) in [5.41, 5.74) is 6.05. The van der Waals surface area contributed by atoms with Gasteiger partial charge in [0, 0.05) is 24.2 Å². The summed E-state index contributed by atoms with van der Waals surface area (Å²) in [5, 5.41) is 4.10. The van der Waals surface area contributed by atoms with Crippen molar-refractivity contribution in [1.29, 1.82) is 0 Å². The third-order valence-corrected chi connectivity index (χ3v) is 4.77. The summed E-state index contributed by atoms with van der Waals surface area (Å²) in [5.74, 6) is 4.12. The van der Waals surface area contributed by atoms with Crippen molar-refractivity contribution >= 4 is 11.8 Å². The molecule has 1 aromatic rings. The summed E-state index contributed by atoms with van der Waals surface area (Å²) in [7, 11) is 0. The van der Waals surface area contributed by atoms with Gasteiger partial charge < -0.3 is 15.0 Å². The highest BCUT2D eigenvalue weighted by Gasteiger charge is 2.37. The van der Waals surface area contributed by atoms with E-state index >= 15 is 0 Å². The number of rotatable bonds is 5. The van der Waals surface area contributed by atoms with Crippen LogP contribution in [0.2, 0.25) is 0 Å². The molecule has 1 saturated carbocycles. The number of hydrogen-bond donors (Lipinski definition) is 1. The Balaban J connectivity index is 1.75.